The van der Waals surface area contributed by atoms with E-state index < -0.39 is 0 Å². The third-order valence-corrected chi connectivity index (χ3v) is 5.48. The SMILES string of the molecule is Cc1cn2nc(-c3cc4ccn([C@H]5CCNC5)c(=O)c4cc3O)cc(C)c2n1. The molecule has 0 amide bonds. The summed E-state index contributed by atoms with van der Waals surface area (Å²) in [7, 11) is 0. The van der Waals surface area contributed by atoms with E-state index in [0.717, 1.165) is 41.8 Å². The van der Waals surface area contributed by atoms with Gasteiger partial charge in [-0.1, -0.05) is 0 Å². The smallest absolute Gasteiger partial charge is 0.258 e. The van der Waals surface area contributed by atoms with Crippen LogP contribution >= 0.6 is 0 Å². The van der Waals surface area contributed by atoms with Gasteiger partial charge in [0, 0.05) is 18.3 Å². The Morgan fingerprint density at radius 1 is 1.25 bits per heavy atom. The van der Waals surface area contributed by atoms with Crippen molar-refractivity contribution in [3.63, 3.8) is 0 Å². The van der Waals surface area contributed by atoms with E-state index in [1.807, 2.05) is 44.4 Å². The Morgan fingerprint density at radius 2 is 2.11 bits per heavy atom. The topological polar surface area (TPSA) is 84.5 Å². The van der Waals surface area contributed by atoms with Gasteiger partial charge >= 0.3 is 0 Å². The van der Waals surface area contributed by atoms with Crippen LogP contribution in [0.2, 0.25) is 0 Å². The molecule has 0 saturated carbocycles. The number of rotatable bonds is 2. The highest BCUT2D eigenvalue weighted by molar-refractivity contribution is 5.89. The van der Waals surface area contributed by atoms with Gasteiger partial charge in [-0.3, -0.25) is 4.79 Å². The number of fused-ring (bicyclic) bond motifs is 2. The molecule has 1 aromatic carbocycles. The molecule has 0 aliphatic carbocycles. The highest BCUT2D eigenvalue weighted by Gasteiger charge is 2.19. The number of phenolic OH excluding ortho intramolecular Hbond substituents is 1. The van der Waals surface area contributed by atoms with Crippen LogP contribution in [-0.2, 0) is 0 Å². The molecule has 4 aromatic rings. The number of aryl methyl sites for hydroxylation is 2. The van der Waals surface area contributed by atoms with Gasteiger partial charge in [-0.05, 0) is 62.0 Å². The molecule has 0 radical (unpaired) electrons. The molecule has 3 aromatic heterocycles. The van der Waals surface area contributed by atoms with Crippen LogP contribution in [0.4, 0.5) is 0 Å². The van der Waals surface area contributed by atoms with E-state index in [9.17, 15) is 9.90 Å². The van der Waals surface area contributed by atoms with E-state index in [-0.39, 0.29) is 17.4 Å². The summed E-state index contributed by atoms with van der Waals surface area (Å²) in [6.07, 6.45) is 4.64. The number of hydrogen-bond donors (Lipinski definition) is 2. The molecule has 1 fully saturated rings. The van der Waals surface area contributed by atoms with Crippen LogP contribution in [-0.4, -0.2) is 37.4 Å². The average Bonchev–Trinajstić information content (AvgIpc) is 3.31. The minimum Gasteiger partial charge on any atom is -0.507 e. The molecule has 142 valence electrons. The van der Waals surface area contributed by atoms with Gasteiger partial charge in [-0.25, -0.2) is 9.50 Å². The van der Waals surface area contributed by atoms with Gasteiger partial charge < -0.3 is 15.0 Å². The Hall–Kier alpha value is -3.19. The molecule has 1 aliphatic rings. The van der Waals surface area contributed by atoms with Gasteiger partial charge in [0.05, 0.1) is 29.0 Å². The molecule has 1 saturated heterocycles. The first-order valence-corrected chi connectivity index (χ1v) is 9.44. The Labute approximate surface area is 161 Å². The predicted octanol–water partition coefficient (Wildman–Crippen LogP) is 2.57. The predicted molar refractivity (Wildman–Crippen MR) is 108 cm³/mol. The molecule has 1 aliphatic heterocycles. The van der Waals surface area contributed by atoms with E-state index in [2.05, 4.69) is 15.4 Å². The lowest BCUT2D eigenvalue weighted by Crippen LogP contribution is -2.25. The average molecular weight is 375 g/mol. The van der Waals surface area contributed by atoms with Gasteiger partial charge in [0.15, 0.2) is 5.65 Å². The first-order valence-electron chi connectivity index (χ1n) is 9.44. The Balaban J connectivity index is 1.68. The number of phenols is 1. The fraction of sp³-hybridized carbons (Fsp3) is 0.286. The molecular weight excluding hydrogens is 354 g/mol. The number of nitrogens with one attached hydrogen (secondary N) is 1. The van der Waals surface area contributed by atoms with Gasteiger partial charge in [0.1, 0.15) is 5.75 Å². The van der Waals surface area contributed by atoms with Gasteiger partial charge in [0.2, 0.25) is 0 Å². The molecule has 4 heterocycles. The molecule has 1 atom stereocenters. The van der Waals surface area contributed by atoms with E-state index >= 15 is 0 Å². The van der Waals surface area contributed by atoms with Crippen LogP contribution < -0.4 is 10.9 Å². The maximum Gasteiger partial charge on any atom is 0.258 e. The summed E-state index contributed by atoms with van der Waals surface area (Å²) in [4.78, 5) is 17.4. The van der Waals surface area contributed by atoms with Crippen molar-refractivity contribution in [3.8, 4) is 17.0 Å². The van der Waals surface area contributed by atoms with Crippen LogP contribution in [0, 0.1) is 13.8 Å². The minimum atomic E-state index is -0.0714. The monoisotopic (exact) mass is 375 g/mol. The fourth-order valence-electron chi connectivity index (χ4n) is 4.04. The zero-order chi connectivity index (χ0) is 19.4. The second-order valence-electron chi connectivity index (χ2n) is 7.49. The van der Waals surface area contributed by atoms with Crippen molar-refractivity contribution < 1.29 is 5.11 Å². The van der Waals surface area contributed by atoms with Gasteiger partial charge in [0.25, 0.3) is 5.56 Å². The number of hydrogen-bond acceptors (Lipinski definition) is 5. The Bertz CT molecular complexity index is 1280. The van der Waals surface area contributed by atoms with Crippen molar-refractivity contribution in [1.29, 1.82) is 0 Å². The summed E-state index contributed by atoms with van der Waals surface area (Å²) in [5.41, 5.74) is 3.83. The number of aromatic hydroxyl groups is 1. The third kappa shape index (κ3) is 2.58. The minimum absolute atomic E-state index is 0.0509. The van der Waals surface area contributed by atoms with Crippen LogP contribution in [0.25, 0.3) is 27.7 Å². The lowest BCUT2D eigenvalue weighted by Gasteiger charge is -2.14. The zero-order valence-corrected chi connectivity index (χ0v) is 15.8. The van der Waals surface area contributed by atoms with Crippen molar-refractivity contribution in [2.75, 3.05) is 13.1 Å². The quantitative estimate of drug-likeness (QED) is 0.563. The van der Waals surface area contributed by atoms with Crippen LogP contribution in [0.1, 0.15) is 23.7 Å². The summed E-state index contributed by atoms with van der Waals surface area (Å²) in [6.45, 7) is 5.61. The van der Waals surface area contributed by atoms with Gasteiger partial charge in [-0.2, -0.15) is 5.10 Å². The van der Waals surface area contributed by atoms with Crippen molar-refractivity contribution in [1.82, 2.24) is 24.5 Å². The molecule has 7 heteroatoms. The molecule has 0 unspecified atom stereocenters. The Morgan fingerprint density at radius 3 is 2.89 bits per heavy atom. The molecule has 2 N–H and O–H groups in total. The van der Waals surface area contributed by atoms with E-state index in [1.165, 1.54) is 0 Å². The third-order valence-electron chi connectivity index (χ3n) is 5.48. The van der Waals surface area contributed by atoms with Crippen molar-refractivity contribution in [2.45, 2.75) is 26.3 Å². The number of nitrogens with zero attached hydrogens (tertiary/aromatic N) is 4. The van der Waals surface area contributed by atoms with Crippen molar-refractivity contribution in [2.24, 2.45) is 0 Å². The van der Waals surface area contributed by atoms with E-state index in [0.29, 0.717) is 16.6 Å². The summed E-state index contributed by atoms with van der Waals surface area (Å²) in [5.74, 6) is 0.0509. The second kappa shape index (κ2) is 6.17. The fourth-order valence-corrected chi connectivity index (χ4v) is 4.04. The van der Waals surface area contributed by atoms with Crippen molar-refractivity contribution in [3.05, 3.63) is 58.3 Å². The highest BCUT2D eigenvalue weighted by Crippen LogP contribution is 2.32. The van der Waals surface area contributed by atoms with Crippen molar-refractivity contribution >= 4 is 16.4 Å². The standard InChI is InChI=1S/C21H21N5O2/c1-12-7-18(24-26-11-13(2)23-20(12)26)17-8-14-4-6-25(15-3-5-22-10-15)21(28)16(14)9-19(17)27/h4,6-9,11,15,22,27H,3,5,10H2,1-2H3/t15-/m0/s1. The molecule has 5 rings (SSSR count). The lowest BCUT2D eigenvalue weighted by molar-refractivity contribution is 0.477. The van der Waals surface area contributed by atoms with Crippen LogP contribution in [0.5, 0.6) is 5.75 Å². The molecule has 28 heavy (non-hydrogen) atoms. The lowest BCUT2D eigenvalue weighted by atomic mass is 10.0. The summed E-state index contributed by atoms with van der Waals surface area (Å²) < 4.78 is 3.50. The van der Waals surface area contributed by atoms with Crippen LogP contribution in [0.3, 0.4) is 0 Å². The first-order chi connectivity index (χ1) is 13.5. The Kier molecular flexibility index (Phi) is 3.73. The highest BCUT2D eigenvalue weighted by atomic mass is 16.3. The number of imidazole rings is 1. The molecular formula is C21H21N5O2. The zero-order valence-electron chi connectivity index (χ0n) is 15.8. The summed E-state index contributed by atoms with van der Waals surface area (Å²) in [6, 6.07) is 7.40. The first kappa shape index (κ1) is 16.9. The number of pyridine rings is 1. The maximum atomic E-state index is 12.9. The van der Waals surface area contributed by atoms with Crippen LogP contribution in [0.15, 0.2) is 41.5 Å². The van der Waals surface area contributed by atoms with Gasteiger partial charge in [-0.15, -0.1) is 0 Å². The summed E-state index contributed by atoms with van der Waals surface area (Å²) in [5, 5.41) is 19.9. The number of aromatic nitrogens is 4. The molecule has 0 spiro atoms. The summed E-state index contributed by atoms with van der Waals surface area (Å²) >= 11 is 0. The number of benzene rings is 1. The largest absolute Gasteiger partial charge is 0.507 e. The molecule has 0 bridgehead atoms. The molecule has 7 nitrogen and oxygen atoms in total. The second-order valence-corrected chi connectivity index (χ2v) is 7.49. The normalized spacial score (nSPS) is 17.0. The van der Waals surface area contributed by atoms with E-state index in [4.69, 9.17) is 0 Å². The maximum absolute atomic E-state index is 12.9. The van der Waals surface area contributed by atoms with E-state index in [1.54, 1.807) is 15.1 Å².